The summed E-state index contributed by atoms with van der Waals surface area (Å²) in [6.07, 6.45) is 2.51. The Morgan fingerprint density at radius 3 is 2.71 bits per heavy atom. The Hall–Kier alpha value is -1.45. The summed E-state index contributed by atoms with van der Waals surface area (Å²) in [5.74, 6) is -0.176. The van der Waals surface area contributed by atoms with Crippen LogP contribution in [-0.4, -0.2) is 61.7 Å². The maximum Gasteiger partial charge on any atom is 0.246 e. The number of aromatic nitrogens is 2. The molecule has 2 N–H and O–H groups in total. The number of nitrogens with one attached hydrogen (secondary N) is 2. The predicted octanol–water partition coefficient (Wildman–Crippen LogP) is -0.366. The van der Waals surface area contributed by atoms with Crippen molar-refractivity contribution in [1.29, 1.82) is 0 Å². The molecular weight excluding hydrogens is 296 g/mol. The highest BCUT2D eigenvalue weighted by Crippen LogP contribution is 2.21. The Balaban J connectivity index is 1.95. The zero-order chi connectivity index (χ0) is 15.5. The lowest BCUT2D eigenvalue weighted by atomic mass is 10.1. The van der Waals surface area contributed by atoms with Gasteiger partial charge in [0.2, 0.25) is 15.9 Å². The van der Waals surface area contributed by atoms with Gasteiger partial charge in [0, 0.05) is 26.2 Å². The van der Waals surface area contributed by atoms with Crippen molar-refractivity contribution >= 4 is 15.9 Å². The highest BCUT2D eigenvalue weighted by atomic mass is 32.2. The molecule has 0 aliphatic carbocycles. The van der Waals surface area contributed by atoms with E-state index in [1.807, 2.05) is 0 Å². The van der Waals surface area contributed by atoms with E-state index in [4.69, 9.17) is 4.74 Å². The molecule has 1 fully saturated rings. The van der Waals surface area contributed by atoms with Crippen molar-refractivity contribution in [2.75, 3.05) is 26.8 Å². The van der Waals surface area contributed by atoms with E-state index in [0.717, 1.165) is 0 Å². The van der Waals surface area contributed by atoms with Crippen LogP contribution in [0.25, 0.3) is 0 Å². The van der Waals surface area contributed by atoms with Crippen molar-refractivity contribution in [3.05, 3.63) is 11.9 Å². The van der Waals surface area contributed by atoms with Crippen LogP contribution in [0.1, 0.15) is 18.5 Å². The van der Waals surface area contributed by atoms with Crippen LogP contribution in [0.15, 0.2) is 11.1 Å². The lowest BCUT2D eigenvalue weighted by Gasteiger charge is -2.31. The molecule has 9 heteroatoms. The van der Waals surface area contributed by atoms with Crippen LogP contribution in [0, 0.1) is 6.92 Å². The van der Waals surface area contributed by atoms with Gasteiger partial charge in [-0.15, -0.1) is 0 Å². The molecule has 1 aliphatic rings. The fourth-order valence-corrected chi connectivity index (χ4v) is 3.97. The molecule has 2 heterocycles. The molecule has 0 aromatic carbocycles. The summed E-state index contributed by atoms with van der Waals surface area (Å²) in [7, 11) is -2.05. The normalized spacial score (nSPS) is 17.8. The summed E-state index contributed by atoms with van der Waals surface area (Å²) in [6.45, 7) is 2.46. The number of methoxy groups -OCH3 is 1. The van der Waals surface area contributed by atoms with E-state index in [2.05, 4.69) is 15.5 Å². The van der Waals surface area contributed by atoms with E-state index in [1.165, 1.54) is 17.6 Å². The minimum atomic E-state index is -3.51. The molecule has 118 valence electrons. The molecule has 0 saturated carbocycles. The Bertz CT molecular complexity index is 590. The number of H-pyrrole nitrogens is 1. The number of aromatic amines is 1. The number of carbonyl (C=O) groups is 1. The fraction of sp³-hybridized carbons (Fsp3) is 0.667. The lowest BCUT2D eigenvalue weighted by Crippen LogP contribution is -2.47. The monoisotopic (exact) mass is 316 g/mol. The summed E-state index contributed by atoms with van der Waals surface area (Å²) in [6, 6.07) is -0.00968. The van der Waals surface area contributed by atoms with Gasteiger partial charge in [0.15, 0.2) is 0 Å². The van der Waals surface area contributed by atoms with Gasteiger partial charge < -0.3 is 10.1 Å². The van der Waals surface area contributed by atoms with Gasteiger partial charge >= 0.3 is 0 Å². The van der Waals surface area contributed by atoms with E-state index in [9.17, 15) is 13.2 Å². The highest BCUT2D eigenvalue weighted by molar-refractivity contribution is 7.89. The molecule has 1 aliphatic heterocycles. The number of piperidine rings is 1. The van der Waals surface area contributed by atoms with Crippen molar-refractivity contribution in [3.8, 4) is 0 Å². The van der Waals surface area contributed by atoms with Gasteiger partial charge in [0.05, 0.1) is 11.9 Å². The second-order valence-corrected chi connectivity index (χ2v) is 6.94. The van der Waals surface area contributed by atoms with Crippen molar-refractivity contribution in [2.45, 2.75) is 30.7 Å². The summed E-state index contributed by atoms with van der Waals surface area (Å²) in [5, 5.41) is 9.23. The van der Waals surface area contributed by atoms with Crippen molar-refractivity contribution in [3.63, 3.8) is 0 Å². The predicted molar refractivity (Wildman–Crippen MR) is 75.1 cm³/mol. The van der Waals surface area contributed by atoms with Gasteiger partial charge in [-0.05, 0) is 19.8 Å². The molecule has 0 atom stereocenters. The van der Waals surface area contributed by atoms with Crippen LogP contribution >= 0.6 is 0 Å². The first kappa shape index (κ1) is 15.9. The molecule has 8 nitrogen and oxygen atoms in total. The molecule has 1 saturated heterocycles. The van der Waals surface area contributed by atoms with Crippen LogP contribution in [-0.2, 0) is 19.6 Å². The fourth-order valence-electron chi connectivity index (χ4n) is 2.38. The molecule has 1 aromatic rings. The minimum Gasteiger partial charge on any atom is -0.375 e. The van der Waals surface area contributed by atoms with Gasteiger partial charge in [-0.25, -0.2) is 8.42 Å². The van der Waals surface area contributed by atoms with Crippen LogP contribution < -0.4 is 5.32 Å². The lowest BCUT2D eigenvalue weighted by molar-refractivity contribution is -0.125. The standard InChI is InChI=1S/C12H20N4O4S/c1-9-11(7-13-15-9)21(18,19)16-5-3-10(4-6-16)14-12(17)8-20-2/h7,10H,3-6,8H2,1-2H3,(H,13,15)(H,14,17). The van der Waals surface area contributed by atoms with Crippen LogP contribution in [0.3, 0.4) is 0 Å². The number of carbonyl (C=O) groups excluding carboxylic acids is 1. The quantitative estimate of drug-likeness (QED) is 0.771. The third kappa shape index (κ3) is 3.60. The molecule has 0 unspecified atom stereocenters. The third-order valence-electron chi connectivity index (χ3n) is 3.50. The number of ether oxygens (including phenoxy) is 1. The number of nitrogens with zero attached hydrogens (tertiary/aromatic N) is 2. The van der Waals surface area contributed by atoms with Gasteiger partial charge in [0.1, 0.15) is 11.5 Å². The van der Waals surface area contributed by atoms with Gasteiger partial charge in [0.25, 0.3) is 0 Å². The average Bonchev–Trinajstić information content (AvgIpc) is 2.86. The number of hydrogen-bond acceptors (Lipinski definition) is 5. The van der Waals surface area contributed by atoms with E-state index < -0.39 is 10.0 Å². The van der Waals surface area contributed by atoms with Crippen molar-refractivity contribution < 1.29 is 17.9 Å². The van der Waals surface area contributed by atoms with Gasteiger partial charge in [-0.3, -0.25) is 9.89 Å². The third-order valence-corrected chi connectivity index (χ3v) is 5.51. The minimum absolute atomic E-state index is 0.00968. The first-order valence-electron chi connectivity index (χ1n) is 6.73. The number of aryl methyl sites for hydroxylation is 1. The number of hydrogen-bond donors (Lipinski definition) is 2. The molecule has 0 radical (unpaired) electrons. The Morgan fingerprint density at radius 1 is 1.52 bits per heavy atom. The molecule has 21 heavy (non-hydrogen) atoms. The average molecular weight is 316 g/mol. The number of rotatable bonds is 5. The first-order chi connectivity index (χ1) is 9.95. The topological polar surface area (TPSA) is 104 Å². The SMILES string of the molecule is COCC(=O)NC1CCN(S(=O)(=O)c2cn[nH]c2C)CC1. The van der Waals surface area contributed by atoms with Crippen LogP contribution in [0.2, 0.25) is 0 Å². The Labute approximate surface area is 123 Å². The van der Waals surface area contributed by atoms with Gasteiger partial charge in [-0.2, -0.15) is 9.40 Å². The Morgan fingerprint density at radius 2 is 2.19 bits per heavy atom. The van der Waals surface area contributed by atoms with Crippen LogP contribution in [0.5, 0.6) is 0 Å². The molecule has 0 bridgehead atoms. The molecule has 1 amide bonds. The number of sulfonamides is 1. The first-order valence-corrected chi connectivity index (χ1v) is 8.17. The van der Waals surface area contributed by atoms with E-state index in [0.29, 0.717) is 31.6 Å². The molecule has 2 rings (SSSR count). The van der Waals surface area contributed by atoms with Crippen LogP contribution in [0.4, 0.5) is 0 Å². The number of amides is 1. The zero-order valence-electron chi connectivity index (χ0n) is 12.1. The maximum absolute atomic E-state index is 12.5. The second kappa shape index (κ2) is 6.54. The summed E-state index contributed by atoms with van der Waals surface area (Å²) < 4.78 is 31.1. The second-order valence-electron chi connectivity index (χ2n) is 5.04. The highest BCUT2D eigenvalue weighted by Gasteiger charge is 2.31. The Kier molecular flexibility index (Phi) is 4.96. The van der Waals surface area contributed by atoms with Crippen molar-refractivity contribution in [1.82, 2.24) is 19.8 Å². The molecular formula is C12H20N4O4S. The van der Waals surface area contributed by atoms with E-state index in [1.54, 1.807) is 6.92 Å². The maximum atomic E-state index is 12.5. The van der Waals surface area contributed by atoms with E-state index >= 15 is 0 Å². The molecule has 1 aromatic heterocycles. The van der Waals surface area contributed by atoms with E-state index in [-0.39, 0.29) is 23.5 Å². The molecule has 0 spiro atoms. The summed E-state index contributed by atoms with van der Waals surface area (Å²) >= 11 is 0. The summed E-state index contributed by atoms with van der Waals surface area (Å²) in [5.41, 5.74) is 0.533. The smallest absolute Gasteiger partial charge is 0.246 e. The summed E-state index contributed by atoms with van der Waals surface area (Å²) in [4.78, 5) is 11.7. The van der Waals surface area contributed by atoms with Crippen molar-refractivity contribution in [2.24, 2.45) is 0 Å². The largest absolute Gasteiger partial charge is 0.375 e. The zero-order valence-corrected chi connectivity index (χ0v) is 12.9. The van der Waals surface area contributed by atoms with Gasteiger partial charge in [-0.1, -0.05) is 0 Å².